The Labute approximate surface area is 271 Å². The lowest BCUT2D eigenvalue weighted by atomic mass is 9.93. The van der Waals surface area contributed by atoms with Crippen LogP contribution in [0.1, 0.15) is 93.5 Å². The van der Waals surface area contributed by atoms with E-state index in [-0.39, 0.29) is 12.5 Å². The summed E-state index contributed by atoms with van der Waals surface area (Å²) < 4.78 is 12.6. The van der Waals surface area contributed by atoms with Gasteiger partial charge in [-0.1, -0.05) is 88.4 Å². The molecule has 5 nitrogen and oxygen atoms in total. The lowest BCUT2D eigenvalue weighted by molar-refractivity contribution is -0.136. The first-order valence-electron chi connectivity index (χ1n) is 15.7. The fourth-order valence-corrected chi connectivity index (χ4v) is 5.14. The SMILES string of the molecule is C=CC.CC(C)c1cccc(C(C)C)c1OC1CCN(Cc2ccc(COc3ccc(CCC(=O)O)cc3)cc2)CC1.CS. The van der Waals surface area contributed by atoms with E-state index in [2.05, 4.69) is 94.3 Å². The first kappa shape index (κ1) is 37.0. The van der Waals surface area contributed by atoms with E-state index in [0.717, 1.165) is 55.1 Å². The van der Waals surface area contributed by atoms with Crippen molar-refractivity contribution in [3.05, 3.63) is 107 Å². The summed E-state index contributed by atoms with van der Waals surface area (Å²) in [4.78, 5) is 13.3. The number of benzene rings is 3. The highest BCUT2D eigenvalue weighted by Gasteiger charge is 2.24. The average Bonchev–Trinajstić information content (AvgIpc) is 3.02. The Hall–Kier alpha value is -3.22. The smallest absolute Gasteiger partial charge is 0.303 e. The third kappa shape index (κ3) is 12.4. The van der Waals surface area contributed by atoms with Crippen molar-refractivity contribution in [2.24, 2.45) is 0 Å². The van der Waals surface area contributed by atoms with Crippen LogP contribution in [0.2, 0.25) is 0 Å². The van der Waals surface area contributed by atoms with Gasteiger partial charge in [0.25, 0.3) is 0 Å². The maximum Gasteiger partial charge on any atom is 0.303 e. The summed E-state index contributed by atoms with van der Waals surface area (Å²) >= 11 is 3.53. The number of aliphatic carboxylic acids is 1. The molecule has 0 aliphatic carbocycles. The molecule has 44 heavy (non-hydrogen) atoms. The van der Waals surface area contributed by atoms with Crippen molar-refractivity contribution >= 4 is 18.6 Å². The Morgan fingerprint density at radius 1 is 0.909 bits per heavy atom. The monoisotopic (exact) mass is 619 g/mol. The van der Waals surface area contributed by atoms with Crippen LogP contribution in [-0.4, -0.2) is 41.4 Å². The first-order chi connectivity index (χ1) is 21.2. The lowest BCUT2D eigenvalue weighted by Crippen LogP contribution is -2.38. The van der Waals surface area contributed by atoms with Gasteiger partial charge in [-0.25, -0.2) is 0 Å². The van der Waals surface area contributed by atoms with Gasteiger partial charge in [0.1, 0.15) is 24.2 Å². The van der Waals surface area contributed by atoms with Gasteiger partial charge in [-0.3, -0.25) is 9.69 Å². The summed E-state index contributed by atoms with van der Waals surface area (Å²) in [6.07, 6.45) is 6.48. The number of ether oxygens (including phenoxy) is 2. The number of rotatable bonds is 12. The van der Waals surface area contributed by atoms with Crippen molar-refractivity contribution in [3.63, 3.8) is 0 Å². The Kier molecular flexibility index (Phi) is 16.8. The van der Waals surface area contributed by atoms with Crippen LogP contribution in [0.4, 0.5) is 0 Å². The second kappa shape index (κ2) is 19.9. The highest BCUT2D eigenvalue weighted by molar-refractivity contribution is 7.79. The minimum atomic E-state index is -0.777. The van der Waals surface area contributed by atoms with Crippen LogP contribution < -0.4 is 9.47 Å². The van der Waals surface area contributed by atoms with E-state index < -0.39 is 5.97 Å². The van der Waals surface area contributed by atoms with E-state index in [1.807, 2.05) is 31.2 Å². The molecule has 1 aliphatic rings. The predicted molar refractivity (Wildman–Crippen MR) is 188 cm³/mol. The molecule has 1 N–H and O–H groups in total. The van der Waals surface area contributed by atoms with Crippen LogP contribution >= 0.6 is 12.6 Å². The Morgan fingerprint density at radius 2 is 1.41 bits per heavy atom. The number of nitrogens with zero attached hydrogens (tertiary/aromatic N) is 1. The van der Waals surface area contributed by atoms with Crippen LogP contribution in [0.5, 0.6) is 11.5 Å². The van der Waals surface area contributed by atoms with Gasteiger partial charge in [-0.15, -0.1) is 6.58 Å². The summed E-state index contributed by atoms with van der Waals surface area (Å²) in [7, 11) is 0. The van der Waals surface area contributed by atoms with E-state index in [9.17, 15) is 4.79 Å². The number of thiol groups is 1. The molecule has 6 heteroatoms. The molecule has 0 amide bonds. The lowest BCUT2D eigenvalue weighted by Gasteiger charge is -2.33. The van der Waals surface area contributed by atoms with Crippen LogP contribution in [-0.2, 0) is 24.4 Å². The quantitative estimate of drug-likeness (QED) is 0.156. The fourth-order valence-electron chi connectivity index (χ4n) is 5.14. The van der Waals surface area contributed by atoms with Crippen molar-refractivity contribution in [3.8, 4) is 11.5 Å². The molecule has 240 valence electrons. The third-order valence-corrected chi connectivity index (χ3v) is 7.52. The number of allylic oxidation sites excluding steroid dienone is 1. The van der Waals surface area contributed by atoms with Crippen LogP contribution in [0, 0.1) is 0 Å². The molecule has 0 bridgehead atoms. The largest absolute Gasteiger partial charge is 0.490 e. The van der Waals surface area contributed by atoms with Crippen LogP contribution in [0.3, 0.4) is 0 Å². The van der Waals surface area contributed by atoms with Gasteiger partial charge < -0.3 is 14.6 Å². The molecular formula is C38H53NO4S. The predicted octanol–water partition coefficient (Wildman–Crippen LogP) is 9.31. The summed E-state index contributed by atoms with van der Waals surface area (Å²) in [5.41, 5.74) is 6.09. The topological polar surface area (TPSA) is 59.0 Å². The molecule has 0 saturated carbocycles. The number of hydrogen-bond donors (Lipinski definition) is 2. The molecule has 3 aromatic carbocycles. The minimum Gasteiger partial charge on any atom is -0.490 e. The Balaban J connectivity index is 0.00000127. The fraction of sp³-hybridized carbons (Fsp3) is 0.447. The van der Waals surface area contributed by atoms with Gasteiger partial charge in [-0.2, -0.15) is 12.6 Å². The molecule has 3 aromatic rings. The number of likely N-dealkylation sites (tertiary alicyclic amines) is 1. The normalized spacial score (nSPS) is 13.4. The molecule has 0 radical (unpaired) electrons. The van der Waals surface area contributed by atoms with Crippen LogP contribution in [0.25, 0.3) is 0 Å². The molecule has 1 heterocycles. The van der Waals surface area contributed by atoms with E-state index >= 15 is 0 Å². The van der Waals surface area contributed by atoms with E-state index in [1.54, 1.807) is 12.3 Å². The highest BCUT2D eigenvalue weighted by atomic mass is 32.1. The highest BCUT2D eigenvalue weighted by Crippen LogP contribution is 2.36. The standard InChI is InChI=1S/C34H43NO4.C3H6.CH4S/c1-24(2)31-6-5-7-32(25(3)4)34(31)39-30-18-20-35(21-19-30)22-27-8-10-28(11-9-27)23-38-29-15-12-26(13-16-29)14-17-33(36)37;1-3-2;1-2/h5-13,15-16,24-25,30H,14,17-23H2,1-4H3,(H,36,37);3H,1H2,2H3;2H,1H3. The number of carboxylic acid groups (broad SMARTS) is 1. The summed E-state index contributed by atoms with van der Waals surface area (Å²) in [6, 6.07) is 23.0. The van der Waals surface area contributed by atoms with E-state index in [1.165, 1.54) is 16.7 Å². The van der Waals surface area contributed by atoms with Gasteiger partial charge in [0.2, 0.25) is 0 Å². The number of piperidine rings is 1. The first-order valence-corrected chi connectivity index (χ1v) is 16.6. The number of aryl methyl sites for hydroxylation is 1. The van der Waals surface area contributed by atoms with Crippen molar-refractivity contribution < 1.29 is 19.4 Å². The third-order valence-electron chi connectivity index (χ3n) is 7.52. The Morgan fingerprint density at radius 3 is 1.91 bits per heavy atom. The van der Waals surface area contributed by atoms with E-state index in [0.29, 0.717) is 24.9 Å². The summed E-state index contributed by atoms with van der Waals surface area (Å²) in [5.74, 6) is 2.03. The van der Waals surface area contributed by atoms with Gasteiger partial charge in [0.15, 0.2) is 0 Å². The van der Waals surface area contributed by atoms with Crippen molar-refractivity contribution in [2.75, 3.05) is 19.3 Å². The molecular weight excluding hydrogens is 566 g/mol. The van der Waals surface area contributed by atoms with Gasteiger partial charge >= 0.3 is 5.97 Å². The minimum absolute atomic E-state index is 0.143. The molecule has 1 saturated heterocycles. The van der Waals surface area contributed by atoms with Gasteiger partial charge in [0.05, 0.1) is 0 Å². The Bertz CT molecular complexity index is 1220. The maximum atomic E-state index is 10.7. The van der Waals surface area contributed by atoms with Gasteiger partial charge in [-0.05, 0) is 84.2 Å². The molecule has 4 rings (SSSR count). The van der Waals surface area contributed by atoms with E-state index in [4.69, 9.17) is 14.6 Å². The number of hydrogen-bond acceptors (Lipinski definition) is 5. The molecule has 1 aliphatic heterocycles. The van der Waals surface area contributed by atoms with Crippen LogP contribution in [0.15, 0.2) is 79.4 Å². The van der Waals surface area contributed by atoms with Crippen molar-refractivity contribution in [2.45, 2.75) is 91.4 Å². The number of carbonyl (C=O) groups is 1. The zero-order valence-corrected chi connectivity index (χ0v) is 28.5. The number of carboxylic acids is 1. The van der Waals surface area contributed by atoms with Crippen molar-refractivity contribution in [1.29, 1.82) is 0 Å². The van der Waals surface area contributed by atoms with Gasteiger partial charge in [0, 0.05) is 26.1 Å². The molecule has 0 spiro atoms. The molecule has 0 atom stereocenters. The average molecular weight is 620 g/mol. The number of para-hydroxylation sites is 1. The molecule has 1 fully saturated rings. The molecule has 0 unspecified atom stereocenters. The molecule has 0 aromatic heterocycles. The summed E-state index contributed by atoms with van der Waals surface area (Å²) in [6.45, 7) is 17.8. The second-order valence-electron chi connectivity index (χ2n) is 11.7. The summed E-state index contributed by atoms with van der Waals surface area (Å²) in [5, 5.41) is 8.83. The van der Waals surface area contributed by atoms with Crippen molar-refractivity contribution in [1.82, 2.24) is 4.90 Å². The zero-order valence-electron chi connectivity index (χ0n) is 27.6. The maximum absolute atomic E-state index is 10.7. The zero-order chi connectivity index (χ0) is 32.5. The second-order valence-corrected chi connectivity index (χ2v) is 11.7.